The van der Waals surface area contributed by atoms with Crippen molar-refractivity contribution in [3.05, 3.63) is 93.4 Å². The summed E-state index contributed by atoms with van der Waals surface area (Å²) < 4.78 is 28.4. The maximum Gasteiger partial charge on any atom is 0.264 e. The number of sulfonamides is 1. The van der Waals surface area contributed by atoms with Crippen LogP contribution in [-0.4, -0.2) is 43.8 Å². The van der Waals surface area contributed by atoms with Crippen molar-refractivity contribution in [3.63, 3.8) is 0 Å². The molecule has 11 heteroatoms. The summed E-state index contributed by atoms with van der Waals surface area (Å²) in [4.78, 5) is 28.1. The highest BCUT2D eigenvalue weighted by Gasteiger charge is 2.33. The first-order chi connectivity index (χ1) is 17.9. The van der Waals surface area contributed by atoms with Gasteiger partial charge in [0.25, 0.3) is 10.0 Å². The standard InChI is InChI=1S/C27H28Cl3N3O4S/c1-18(2)31-27(35)19(3)32(16-20-8-7-9-21(28)14-20)26(34)17-33(25-15-22(29)12-13-24(25)30)38(36,37)23-10-5-4-6-11-23/h4-15,18-19H,16-17H2,1-3H3,(H,31,35). The lowest BCUT2D eigenvalue weighted by molar-refractivity contribution is -0.139. The minimum atomic E-state index is -4.25. The van der Waals surface area contributed by atoms with Crippen LogP contribution in [0.5, 0.6) is 0 Å². The maximum atomic E-state index is 13.9. The van der Waals surface area contributed by atoms with Crippen LogP contribution in [0, 0.1) is 0 Å². The number of halogens is 3. The van der Waals surface area contributed by atoms with Gasteiger partial charge in [-0.05, 0) is 68.8 Å². The average molecular weight is 597 g/mol. The van der Waals surface area contributed by atoms with Crippen molar-refractivity contribution in [2.24, 2.45) is 0 Å². The topological polar surface area (TPSA) is 86.8 Å². The Bertz CT molecular complexity index is 1400. The van der Waals surface area contributed by atoms with Crippen LogP contribution in [0.4, 0.5) is 5.69 Å². The molecule has 0 fully saturated rings. The number of benzene rings is 3. The molecular formula is C27H28Cl3N3O4S. The number of anilines is 1. The van der Waals surface area contributed by atoms with Crippen LogP contribution in [0.25, 0.3) is 0 Å². The van der Waals surface area contributed by atoms with Crippen LogP contribution in [0.15, 0.2) is 77.7 Å². The quantitative estimate of drug-likeness (QED) is 0.321. The van der Waals surface area contributed by atoms with Crippen molar-refractivity contribution in [3.8, 4) is 0 Å². The summed E-state index contributed by atoms with van der Waals surface area (Å²) in [5.74, 6) is -0.999. The molecule has 3 rings (SSSR count). The molecule has 0 spiro atoms. The maximum absolute atomic E-state index is 13.9. The molecule has 3 aromatic carbocycles. The number of carbonyl (C=O) groups excluding carboxylic acids is 2. The monoisotopic (exact) mass is 595 g/mol. The molecule has 7 nitrogen and oxygen atoms in total. The molecule has 0 saturated heterocycles. The highest BCUT2D eigenvalue weighted by molar-refractivity contribution is 7.92. The highest BCUT2D eigenvalue weighted by Crippen LogP contribution is 2.33. The number of hydrogen-bond acceptors (Lipinski definition) is 4. The van der Waals surface area contributed by atoms with Crippen molar-refractivity contribution < 1.29 is 18.0 Å². The smallest absolute Gasteiger partial charge is 0.264 e. The van der Waals surface area contributed by atoms with Crippen LogP contribution in [0.1, 0.15) is 26.3 Å². The minimum absolute atomic E-state index is 0.0224. The first-order valence-electron chi connectivity index (χ1n) is 11.8. The van der Waals surface area contributed by atoms with Crippen molar-refractivity contribution in [2.45, 2.75) is 44.3 Å². The van der Waals surface area contributed by atoms with Gasteiger partial charge in [0.1, 0.15) is 12.6 Å². The predicted molar refractivity (Wildman–Crippen MR) is 152 cm³/mol. The molecule has 1 N–H and O–H groups in total. The third-order valence-electron chi connectivity index (χ3n) is 5.63. The molecule has 202 valence electrons. The number of nitrogens with one attached hydrogen (secondary N) is 1. The summed E-state index contributed by atoms with van der Waals surface area (Å²) in [6.45, 7) is 4.60. The lowest BCUT2D eigenvalue weighted by Gasteiger charge is -2.32. The summed E-state index contributed by atoms with van der Waals surface area (Å²) in [6, 6.07) is 17.9. The Balaban J connectivity index is 2.07. The fraction of sp³-hybridized carbons (Fsp3) is 0.259. The van der Waals surface area contributed by atoms with Gasteiger partial charge >= 0.3 is 0 Å². The zero-order chi connectivity index (χ0) is 28.0. The summed E-state index contributed by atoms with van der Waals surface area (Å²) >= 11 is 18.7. The molecule has 38 heavy (non-hydrogen) atoms. The Hall–Kier alpha value is -2.78. The molecule has 3 aromatic rings. The summed E-state index contributed by atoms with van der Waals surface area (Å²) in [6.07, 6.45) is 0. The molecular weight excluding hydrogens is 569 g/mol. The van der Waals surface area contributed by atoms with Crippen molar-refractivity contribution in [2.75, 3.05) is 10.8 Å². The van der Waals surface area contributed by atoms with Gasteiger partial charge in [-0.2, -0.15) is 0 Å². The Morgan fingerprint density at radius 2 is 1.53 bits per heavy atom. The largest absolute Gasteiger partial charge is 0.352 e. The molecule has 0 aliphatic rings. The Morgan fingerprint density at radius 3 is 2.16 bits per heavy atom. The van der Waals surface area contributed by atoms with Crippen molar-refractivity contribution in [1.82, 2.24) is 10.2 Å². The van der Waals surface area contributed by atoms with Gasteiger partial charge in [-0.1, -0.05) is 65.1 Å². The summed E-state index contributed by atoms with van der Waals surface area (Å²) in [5.41, 5.74) is 0.715. The second-order valence-corrected chi connectivity index (χ2v) is 12.1. The van der Waals surface area contributed by atoms with E-state index in [1.54, 1.807) is 49.4 Å². The number of nitrogens with zero attached hydrogens (tertiary/aromatic N) is 2. The van der Waals surface area contributed by atoms with Crippen LogP contribution < -0.4 is 9.62 Å². The second kappa shape index (κ2) is 12.8. The van der Waals surface area contributed by atoms with E-state index in [2.05, 4.69) is 5.32 Å². The van der Waals surface area contributed by atoms with E-state index < -0.39 is 28.5 Å². The molecule has 0 aliphatic carbocycles. The zero-order valence-corrected chi connectivity index (χ0v) is 24.2. The third-order valence-corrected chi connectivity index (χ3v) is 8.19. The molecule has 0 radical (unpaired) electrons. The lowest BCUT2D eigenvalue weighted by Crippen LogP contribution is -2.52. The highest BCUT2D eigenvalue weighted by atomic mass is 35.5. The molecule has 0 aliphatic heterocycles. The Labute approximate surface area is 238 Å². The molecule has 0 saturated carbocycles. The van der Waals surface area contributed by atoms with Gasteiger partial charge in [-0.25, -0.2) is 8.42 Å². The second-order valence-electron chi connectivity index (χ2n) is 8.91. The SMILES string of the molecule is CC(C)NC(=O)C(C)N(Cc1cccc(Cl)c1)C(=O)CN(c1cc(Cl)ccc1Cl)S(=O)(=O)c1ccccc1. The van der Waals surface area contributed by atoms with Gasteiger partial charge in [0.15, 0.2) is 0 Å². The fourth-order valence-corrected chi connectivity index (χ4v) is 5.82. The normalized spacial score (nSPS) is 12.2. The van der Waals surface area contributed by atoms with Gasteiger partial charge in [-0.15, -0.1) is 0 Å². The summed E-state index contributed by atoms with van der Waals surface area (Å²) in [7, 11) is -4.25. The summed E-state index contributed by atoms with van der Waals surface area (Å²) in [5, 5.41) is 3.60. The number of hydrogen-bond donors (Lipinski definition) is 1. The van der Waals surface area contributed by atoms with E-state index >= 15 is 0 Å². The van der Waals surface area contributed by atoms with Gasteiger partial charge in [0.05, 0.1) is 15.6 Å². The van der Waals surface area contributed by atoms with Crippen LogP contribution in [0.3, 0.4) is 0 Å². The molecule has 0 bridgehead atoms. The van der Waals surface area contributed by atoms with E-state index in [4.69, 9.17) is 34.8 Å². The average Bonchev–Trinajstić information content (AvgIpc) is 2.87. The fourth-order valence-electron chi connectivity index (χ4n) is 3.73. The van der Waals surface area contributed by atoms with E-state index in [-0.39, 0.29) is 39.1 Å². The van der Waals surface area contributed by atoms with Gasteiger partial charge in [0.2, 0.25) is 11.8 Å². The molecule has 0 heterocycles. The zero-order valence-electron chi connectivity index (χ0n) is 21.1. The van der Waals surface area contributed by atoms with Crippen LogP contribution in [-0.2, 0) is 26.2 Å². The third kappa shape index (κ3) is 7.41. The minimum Gasteiger partial charge on any atom is -0.352 e. The number of carbonyl (C=O) groups is 2. The predicted octanol–water partition coefficient (Wildman–Crippen LogP) is 5.78. The van der Waals surface area contributed by atoms with E-state index in [0.717, 1.165) is 4.31 Å². The van der Waals surface area contributed by atoms with Gasteiger partial charge in [0, 0.05) is 22.6 Å². The Morgan fingerprint density at radius 1 is 0.868 bits per heavy atom. The van der Waals surface area contributed by atoms with E-state index in [9.17, 15) is 18.0 Å². The molecule has 0 aromatic heterocycles. The van der Waals surface area contributed by atoms with Crippen molar-refractivity contribution in [1.29, 1.82) is 0 Å². The van der Waals surface area contributed by atoms with Crippen LogP contribution in [0.2, 0.25) is 15.1 Å². The van der Waals surface area contributed by atoms with Gasteiger partial charge in [-0.3, -0.25) is 13.9 Å². The first-order valence-corrected chi connectivity index (χ1v) is 14.3. The molecule has 2 amide bonds. The number of amides is 2. The molecule has 1 atom stereocenters. The first kappa shape index (κ1) is 29.8. The van der Waals surface area contributed by atoms with E-state index in [0.29, 0.717) is 10.6 Å². The van der Waals surface area contributed by atoms with E-state index in [1.807, 2.05) is 13.8 Å². The molecule has 1 unspecified atom stereocenters. The van der Waals surface area contributed by atoms with Crippen LogP contribution >= 0.6 is 34.8 Å². The number of rotatable bonds is 10. The van der Waals surface area contributed by atoms with E-state index in [1.165, 1.54) is 35.2 Å². The lowest BCUT2D eigenvalue weighted by atomic mass is 10.1. The van der Waals surface area contributed by atoms with Gasteiger partial charge < -0.3 is 10.2 Å². The van der Waals surface area contributed by atoms with Crippen molar-refractivity contribution >= 4 is 62.3 Å². The Kier molecular flexibility index (Phi) is 10.1.